The van der Waals surface area contributed by atoms with Crippen LogP contribution in [0.4, 0.5) is 8.78 Å². The fourth-order valence-electron chi connectivity index (χ4n) is 2.08. The summed E-state index contributed by atoms with van der Waals surface area (Å²) in [5.74, 6) is -1.17. The first kappa shape index (κ1) is 19.4. The summed E-state index contributed by atoms with van der Waals surface area (Å²) in [5.41, 5.74) is 0.793. The van der Waals surface area contributed by atoms with Crippen molar-refractivity contribution in [3.63, 3.8) is 0 Å². The van der Waals surface area contributed by atoms with Crippen molar-refractivity contribution >= 4 is 34.4 Å². The van der Waals surface area contributed by atoms with Crippen molar-refractivity contribution in [3.05, 3.63) is 34.2 Å². The molecular weight excluding hydrogens is 445 g/mol. The van der Waals surface area contributed by atoms with Gasteiger partial charge in [0.2, 0.25) is 0 Å². The van der Waals surface area contributed by atoms with Crippen molar-refractivity contribution in [1.82, 2.24) is 9.97 Å². The maximum absolute atomic E-state index is 12.3. The number of thioether (sulfide) groups is 1. The molecule has 0 atom stereocenters. The van der Waals surface area contributed by atoms with Crippen LogP contribution in [0, 0.1) is 3.70 Å². The molecule has 24 heavy (non-hydrogen) atoms. The minimum atomic E-state index is -2.41. The highest BCUT2D eigenvalue weighted by molar-refractivity contribution is 14.1. The topological polar surface area (TPSA) is 35.0 Å². The van der Waals surface area contributed by atoms with Crippen molar-refractivity contribution < 1.29 is 13.5 Å². The predicted octanol–water partition coefficient (Wildman–Crippen LogP) is 6.02. The van der Waals surface area contributed by atoms with Gasteiger partial charge in [0.05, 0.1) is 12.8 Å². The van der Waals surface area contributed by atoms with Gasteiger partial charge in [-0.2, -0.15) is 8.78 Å². The average Bonchev–Trinajstić information content (AvgIpc) is 2.56. The second-order valence-electron chi connectivity index (χ2n) is 5.16. The number of benzene rings is 1. The maximum Gasteiger partial charge on any atom is 0.288 e. The molecule has 0 radical (unpaired) electrons. The summed E-state index contributed by atoms with van der Waals surface area (Å²) in [6.07, 6.45) is 6.27. The molecule has 0 fully saturated rings. The monoisotopic (exact) mass is 464 g/mol. The normalized spacial score (nSPS) is 11.0. The van der Waals surface area contributed by atoms with E-state index in [9.17, 15) is 8.78 Å². The van der Waals surface area contributed by atoms with E-state index in [0.717, 1.165) is 22.1 Å². The molecule has 0 spiro atoms. The second-order valence-corrected chi connectivity index (χ2v) is 7.25. The molecule has 0 aliphatic heterocycles. The number of rotatable bonds is 9. The van der Waals surface area contributed by atoms with Crippen molar-refractivity contribution in [2.75, 3.05) is 6.61 Å². The quantitative estimate of drug-likeness (QED) is 0.197. The van der Waals surface area contributed by atoms with Crippen LogP contribution >= 0.6 is 34.4 Å². The zero-order chi connectivity index (χ0) is 17.4. The van der Waals surface area contributed by atoms with Crippen LogP contribution in [0.5, 0.6) is 5.75 Å². The lowest BCUT2D eigenvalue weighted by atomic mass is 10.2. The Bertz CT molecular complexity index is 641. The van der Waals surface area contributed by atoms with E-state index >= 15 is 0 Å². The Morgan fingerprint density at radius 2 is 1.92 bits per heavy atom. The predicted molar refractivity (Wildman–Crippen MR) is 102 cm³/mol. The van der Waals surface area contributed by atoms with E-state index < -0.39 is 5.76 Å². The molecule has 0 N–H and O–H groups in total. The fraction of sp³-hybridized carbons (Fsp3) is 0.412. The van der Waals surface area contributed by atoms with Gasteiger partial charge in [-0.1, -0.05) is 50.1 Å². The van der Waals surface area contributed by atoms with Gasteiger partial charge in [0.1, 0.15) is 3.70 Å². The van der Waals surface area contributed by atoms with Crippen LogP contribution in [0.15, 0.2) is 35.4 Å². The molecule has 1 aromatic heterocycles. The van der Waals surface area contributed by atoms with Crippen LogP contribution in [0.1, 0.15) is 32.6 Å². The van der Waals surface area contributed by atoms with Gasteiger partial charge < -0.3 is 4.74 Å². The van der Waals surface area contributed by atoms with Crippen LogP contribution in [0.25, 0.3) is 11.4 Å². The van der Waals surface area contributed by atoms with Crippen LogP contribution < -0.4 is 4.74 Å². The lowest BCUT2D eigenvalue weighted by Gasteiger charge is -2.09. The number of nitrogens with zero attached hydrogens (tertiary/aromatic N) is 2. The molecule has 0 saturated carbocycles. The first-order valence-corrected chi connectivity index (χ1v) is 9.76. The summed E-state index contributed by atoms with van der Waals surface area (Å²) < 4.78 is 31.1. The molecular formula is C17H19F2IN2OS. The largest absolute Gasteiger partial charge is 0.489 e. The summed E-state index contributed by atoms with van der Waals surface area (Å²) >= 11 is 2.65. The highest BCUT2D eigenvalue weighted by Crippen LogP contribution is 2.28. The van der Waals surface area contributed by atoms with Gasteiger partial charge in [-0.3, -0.25) is 0 Å². The molecule has 0 aliphatic carbocycles. The molecule has 0 bridgehead atoms. The molecule has 3 nitrogen and oxygen atoms in total. The van der Waals surface area contributed by atoms with Gasteiger partial charge in [0, 0.05) is 10.5 Å². The van der Waals surface area contributed by atoms with Gasteiger partial charge in [-0.05, 0) is 41.1 Å². The SMILES string of the molecule is CCCCCCOc1cnc(-c2ccc(SC(F)F)cc2)nc1I. The van der Waals surface area contributed by atoms with E-state index in [1.54, 1.807) is 30.5 Å². The number of alkyl halides is 2. The summed E-state index contributed by atoms with van der Waals surface area (Å²) in [4.78, 5) is 9.29. The lowest BCUT2D eigenvalue weighted by molar-refractivity contribution is 0.252. The van der Waals surface area contributed by atoms with E-state index in [4.69, 9.17) is 4.74 Å². The third-order valence-electron chi connectivity index (χ3n) is 3.30. The average molecular weight is 464 g/mol. The molecule has 1 heterocycles. The zero-order valence-corrected chi connectivity index (χ0v) is 16.3. The Morgan fingerprint density at radius 1 is 1.17 bits per heavy atom. The molecule has 2 rings (SSSR count). The van der Waals surface area contributed by atoms with Crippen LogP contribution in [0.3, 0.4) is 0 Å². The maximum atomic E-state index is 12.3. The van der Waals surface area contributed by atoms with E-state index in [0.29, 0.717) is 34.8 Å². The number of halogens is 3. The molecule has 0 amide bonds. The summed E-state index contributed by atoms with van der Waals surface area (Å²) in [7, 11) is 0. The number of hydrogen-bond acceptors (Lipinski definition) is 4. The lowest BCUT2D eigenvalue weighted by Crippen LogP contribution is -2.02. The number of unbranched alkanes of at least 4 members (excludes halogenated alkanes) is 3. The fourth-order valence-corrected chi connectivity index (χ4v) is 3.10. The van der Waals surface area contributed by atoms with Crippen molar-refractivity contribution in [2.24, 2.45) is 0 Å². The van der Waals surface area contributed by atoms with E-state index in [-0.39, 0.29) is 0 Å². The molecule has 130 valence electrons. The first-order valence-electron chi connectivity index (χ1n) is 7.80. The van der Waals surface area contributed by atoms with Crippen LogP contribution in [-0.2, 0) is 0 Å². The van der Waals surface area contributed by atoms with Crippen molar-refractivity contribution in [3.8, 4) is 17.1 Å². The molecule has 2 aromatic rings. The van der Waals surface area contributed by atoms with Crippen molar-refractivity contribution in [2.45, 2.75) is 43.3 Å². The third kappa shape index (κ3) is 6.16. The highest BCUT2D eigenvalue weighted by atomic mass is 127. The van der Waals surface area contributed by atoms with Crippen LogP contribution in [0.2, 0.25) is 0 Å². The summed E-state index contributed by atoms with van der Waals surface area (Å²) in [5, 5.41) is 0. The Hall–Kier alpha value is -0.960. The Morgan fingerprint density at radius 3 is 2.54 bits per heavy atom. The molecule has 7 heteroatoms. The number of ether oxygens (including phenoxy) is 1. The van der Waals surface area contributed by atoms with Gasteiger partial charge in [-0.25, -0.2) is 9.97 Å². The highest BCUT2D eigenvalue weighted by Gasteiger charge is 2.09. The second kappa shape index (κ2) is 10.1. The van der Waals surface area contributed by atoms with Crippen molar-refractivity contribution in [1.29, 1.82) is 0 Å². The van der Waals surface area contributed by atoms with Gasteiger partial charge in [0.15, 0.2) is 11.6 Å². The molecule has 0 unspecified atom stereocenters. The summed E-state index contributed by atoms with van der Waals surface area (Å²) in [6.45, 7) is 2.84. The van der Waals surface area contributed by atoms with E-state index in [2.05, 4.69) is 39.5 Å². The standard InChI is InChI=1S/C17H19F2IN2OS/c1-2-3-4-5-10-23-14-11-21-16(22-15(14)20)12-6-8-13(9-7-12)24-17(18)19/h6-9,11,17H,2-5,10H2,1H3. The van der Waals surface area contributed by atoms with Gasteiger partial charge in [-0.15, -0.1) is 0 Å². The Kier molecular flexibility index (Phi) is 8.17. The van der Waals surface area contributed by atoms with Gasteiger partial charge >= 0.3 is 0 Å². The Balaban J connectivity index is 1.98. The molecule has 0 aliphatic rings. The van der Waals surface area contributed by atoms with E-state index in [1.807, 2.05) is 0 Å². The third-order valence-corrected chi connectivity index (χ3v) is 4.80. The number of aromatic nitrogens is 2. The zero-order valence-electron chi connectivity index (χ0n) is 13.3. The molecule has 0 saturated heterocycles. The summed E-state index contributed by atoms with van der Waals surface area (Å²) in [6, 6.07) is 6.81. The first-order chi connectivity index (χ1) is 11.6. The smallest absolute Gasteiger partial charge is 0.288 e. The molecule has 1 aromatic carbocycles. The van der Waals surface area contributed by atoms with E-state index in [1.165, 1.54) is 12.8 Å². The Labute approximate surface area is 158 Å². The van der Waals surface area contributed by atoms with Crippen LogP contribution in [-0.4, -0.2) is 22.3 Å². The minimum Gasteiger partial charge on any atom is -0.489 e. The van der Waals surface area contributed by atoms with Gasteiger partial charge in [0.25, 0.3) is 5.76 Å². The minimum absolute atomic E-state index is 0.524. The number of hydrogen-bond donors (Lipinski definition) is 0.